The third kappa shape index (κ3) is 3.21. The van der Waals surface area contributed by atoms with Crippen LogP contribution in [0.1, 0.15) is 18.9 Å². The van der Waals surface area contributed by atoms with Crippen LogP contribution in [0.3, 0.4) is 0 Å². The fraction of sp³-hybridized carbons (Fsp3) is 0.357. The van der Waals surface area contributed by atoms with E-state index < -0.39 is 6.04 Å². The van der Waals surface area contributed by atoms with Crippen LogP contribution in [-0.4, -0.2) is 35.7 Å². The summed E-state index contributed by atoms with van der Waals surface area (Å²) in [6.45, 7) is 1.95. The first-order valence-electron chi connectivity index (χ1n) is 6.37. The number of carbonyl (C=O) groups excluding carboxylic acids is 3. The van der Waals surface area contributed by atoms with Crippen molar-refractivity contribution < 1.29 is 14.4 Å². The van der Waals surface area contributed by atoms with E-state index in [0.29, 0.717) is 6.54 Å². The lowest BCUT2D eigenvalue weighted by molar-refractivity contribution is -0.137. The van der Waals surface area contributed by atoms with E-state index in [1.165, 1.54) is 14.0 Å². The molecule has 0 saturated carbocycles. The molecule has 0 radical (unpaired) electrons. The maximum Gasteiger partial charge on any atom is 0.246 e. The van der Waals surface area contributed by atoms with Gasteiger partial charge in [0.25, 0.3) is 0 Å². The Hall–Kier alpha value is -2.21. The summed E-state index contributed by atoms with van der Waals surface area (Å²) < 4.78 is 0. The van der Waals surface area contributed by atoms with Crippen molar-refractivity contribution in [2.75, 3.05) is 12.4 Å². The molecule has 1 aromatic rings. The summed E-state index contributed by atoms with van der Waals surface area (Å²) in [5, 5.41) is 5.75. The zero-order valence-corrected chi connectivity index (χ0v) is 11.5. The monoisotopic (exact) mass is 275 g/mol. The van der Waals surface area contributed by atoms with Crippen molar-refractivity contribution in [3.63, 3.8) is 0 Å². The Morgan fingerprint density at radius 3 is 2.45 bits per heavy atom. The van der Waals surface area contributed by atoms with Gasteiger partial charge in [-0.1, -0.05) is 12.1 Å². The van der Waals surface area contributed by atoms with Crippen LogP contribution in [0, 0.1) is 0 Å². The Morgan fingerprint density at radius 1 is 1.30 bits per heavy atom. The topological polar surface area (TPSA) is 78.5 Å². The molecule has 2 N–H and O–H groups in total. The molecule has 1 unspecified atom stereocenters. The number of benzene rings is 1. The standard InChI is InChI=1S/C14H17N3O3/c1-9(18)16-11-5-3-10(4-6-11)8-15-12-7-13(19)17(2)14(12)20/h3-6,12,15H,7-8H2,1-2H3,(H,16,18). The van der Waals surface area contributed by atoms with Gasteiger partial charge in [-0.25, -0.2) is 0 Å². The maximum atomic E-state index is 11.7. The number of imide groups is 1. The molecule has 0 bridgehead atoms. The Balaban J connectivity index is 1.90. The highest BCUT2D eigenvalue weighted by molar-refractivity contribution is 6.05. The van der Waals surface area contributed by atoms with E-state index in [9.17, 15) is 14.4 Å². The Bertz CT molecular complexity index is 539. The summed E-state index contributed by atoms with van der Waals surface area (Å²) in [7, 11) is 1.49. The van der Waals surface area contributed by atoms with Gasteiger partial charge >= 0.3 is 0 Å². The summed E-state index contributed by atoms with van der Waals surface area (Å²) in [5.74, 6) is -0.465. The van der Waals surface area contributed by atoms with Crippen LogP contribution in [0.25, 0.3) is 0 Å². The molecule has 1 saturated heterocycles. The molecule has 6 heteroatoms. The van der Waals surface area contributed by atoms with Crippen LogP contribution in [-0.2, 0) is 20.9 Å². The predicted molar refractivity (Wildman–Crippen MR) is 73.8 cm³/mol. The van der Waals surface area contributed by atoms with E-state index in [0.717, 1.165) is 16.2 Å². The molecule has 1 aliphatic heterocycles. The van der Waals surface area contributed by atoms with Gasteiger partial charge in [0.05, 0.1) is 12.5 Å². The fourth-order valence-electron chi connectivity index (χ4n) is 2.07. The van der Waals surface area contributed by atoms with Gasteiger partial charge in [0.2, 0.25) is 17.7 Å². The molecular weight excluding hydrogens is 258 g/mol. The smallest absolute Gasteiger partial charge is 0.246 e. The highest BCUT2D eigenvalue weighted by Crippen LogP contribution is 2.13. The van der Waals surface area contributed by atoms with Crippen molar-refractivity contribution in [1.29, 1.82) is 0 Å². The molecule has 106 valence electrons. The van der Waals surface area contributed by atoms with Gasteiger partial charge in [-0.15, -0.1) is 0 Å². The SMILES string of the molecule is CC(=O)Nc1ccc(CNC2CC(=O)N(C)C2=O)cc1. The van der Waals surface area contributed by atoms with Gasteiger partial charge in [-0.05, 0) is 17.7 Å². The number of hydrogen-bond donors (Lipinski definition) is 2. The summed E-state index contributed by atoms with van der Waals surface area (Å²) >= 11 is 0. The summed E-state index contributed by atoms with van der Waals surface area (Å²) in [4.78, 5) is 35.1. The average Bonchev–Trinajstić information content (AvgIpc) is 2.65. The van der Waals surface area contributed by atoms with Gasteiger partial charge < -0.3 is 10.6 Å². The van der Waals surface area contributed by atoms with Gasteiger partial charge in [-0.3, -0.25) is 19.3 Å². The summed E-state index contributed by atoms with van der Waals surface area (Å²) in [6, 6.07) is 6.88. The van der Waals surface area contributed by atoms with E-state index in [1.807, 2.05) is 12.1 Å². The van der Waals surface area contributed by atoms with Crippen molar-refractivity contribution in [2.24, 2.45) is 0 Å². The van der Waals surface area contributed by atoms with E-state index >= 15 is 0 Å². The number of rotatable bonds is 4. The van der Waals surface area contributed by atoms with E-state index in [4.69, 9.17) is 0 Å². The molecule has 3 amide bonds. The molecular formula is C14H17N3O3. The normalized spacial score (nSPS) is 18.5. The zero-order chi connectivity index (χ0) is 14.7. The third-order valence-electron chi connectivity index (χ3n) is 3.21. The van der Waals surface area contributed by atoms with Gasteiger partial charge in [0.1, 0.15) is 0 Å². The summed E-state index contributed by atoms with van der Waals surface area (Å²) in [6.07, 6.45) is 0.208. The second kappa shape index (κ2) is 5.83. The van der Waals surface area contributed by atoms with Gasteiger partial charge in [-0.2, -0.15) is 0 Å². The lowest BCUT2D eigenvalue weighted by Crippen LogP contribution is -2.36. The van der Waals surface area contributed by atoms with E-state index in [1.54, 1.807) is 12.1 Å². The van der Waals surface area contributed by atoms with Crippen LogP contribution in [0.2, 0.25) is 0 Å². The second-order valence-corrected chi connectivity index (χ2v) is 4.81. The number of likely N-dealkylation sites (N-methyl/N-ethyl adjacent to an activating group) is 1. The van der Waals surface area contributed by atoms with Gasteiger partial charge in [0.15, 0.2) is 0 Å². The molecule has 0 aliphatic carbocycles. The highest BCUT2D eigenvalue weighted by Gasteiger charge is 2.35. The van der Waals surface area contributed by atoms with Crippen molar-refractivity contribution in [1.82, 2.24) is 10.2 Å². The number of nitrogens with one attached hydrogen (secondary N) is 2. The lowest BCUT2D eigenvalue weighted by Gasteiger charge is -2.11. The zero-order valence-electron chi connectivity index (χ0n) is 11.5. The maximum absolute atomic E-state index is 11.7. The largest absolute Gasteiger partial charge is 0.326 e. The van der Waals surface area contributed by atoms with E-state index in [-0.39, 0.29) is 24.1 Å². The van der Waals surface area contributed by atoms with Crippen LogP contribution < -0.4 is 10.6 Å². The molecule has 0 spiro atoms. The molecule has 1 aromatic carbocycles. The van der Waals surface area contributed by atoms with Crippen molar-refractivity contribution >= 4 is 23.4 Å². The Kier molecular flexibility index (Phi) is 4.14. The molecule has 1 heterocycles. The minimum absolute atomic E-state index is 0.117. The first kappa shape index (κ1) is 14.2. The molecule has 6 nitrogen and oxygen atoms in total. The Morgan fingerprint density at radius 2 is 1.95 bits per heavy atom. The number of hydrogen-bond acceptors (Lipinski definition) is 4. The molecule has 1 aliphatic rings. The summed E-state index contributed by atoms with van der Waals surface area (Å²) in [5.41, 5.74) is 1.71. The minimum Gasteiger partial charge on any atom is -0.326 e. The number of anilines is 1. The molecule has 20 heavy (non-hydrogen) atoms. The highest BCUT2D eigenvalue weighted by atomic mass is 16.2. The van der Waals surface area contributed by atoms with Crippen LogP contribution >= 0.6 is 0 Å². The Labute approximate surface area is 117 Å². The van der Waals surface area contributed by atoms with Crippen LogP contribution in [0.15, 0.2) is 24.3 Å². The molecule has 0 aromatic heterocycles. The predicted octanol–water partition coefficient (Wildman–Crippen LogP) is 0.492. The third-order valence-corrected chi connectivity index (χ3v) is 3.21. The molecule has 1 fully saturated rings. The average molecular weight is 275 g/mol. The van der Waals surface area contributed by atoms with E-state index in [2.05, 4.69) is 10.6 Å². The van der Waals surface area contributed by atoms with Gasteiger partial charge in [0, 0.05) is 26.2 Å². The molecule has 1 atom stereocenters. The van der Waals surface area contributed by atoms with Crippen molar-refractivity contribution in [3.8, 4) is 0 Å². The fourth-order valence-corrected chi connectivity index (χ4v) is 2.07. The van der Waals surface area contributed by atoms with Crippen molar-refractivity contribution in [3.05, 3.63) is 29.8 Å². The number of amides is 3. The molecule has 2 rings (SSSR count). The quantitative estimate of drug-likeness (QED) is 0.784. The number of carbonyl (C=O) groups is 3. The number of nitrogens with zero attached hydrogens (tertiary/aromatic N) is 1. The minimum atomic E-state index is -0.442. The van der Waals surface area contributed by atoms with Crippen LogP contribution in [0.5, 0.6) is 0 Å². The van der Waals surface area contributed by atoms with Crippen molar-refractivity contribution in [2.45, 2.75) is 25.9 Å². The lowest BCUT2D eigenvalue weighted by atomic mass is 10.1. The second-order valence-electron chi connectivity index (χ2n) is 4.81. The first-order valence-corrected chi connectivity index (χ1v) is 6.37. The van der Waals surface area contributed by atoms with Crippen LogP contribution in [0.4, 0.5) is 5.69 Å². The number of likely N-dealkylation sites (tertiary alicyclic amines) is 1. The first-order chi connectivity index (χ1) is 9.47.